The van der Waals surface area contributed by atoms with E-state index in [0.717, 1.165) is 27.5 Å². The number of fused-ring (bicyclic) bond motifs is 11. The Bertz CT molecular complexity index is 3060. The lowest BCUT2D eigenvalue weighted by Crippen LogP contribution is -2.06. The Morgan fingerprint density at radius 2 is 0.958 bits per heavy atom. The normalized spacial score (nSPS) is 12.2. The van der Waals surface area contributed by atoms with Crippen molar-refractivity contribution in [1.82, 2.24) is 23.9 Å². The zero-order valence-electron chi connectivity index (χ0n) is 25.7. The SMILES string of the molecule is c1ccc(-c2nc(-c3ccc4ccccc4c3)nc(-n3c4ccccc4c4cc5c6ccccc6n6c7ccccc7c(c43)c56)n2)cc1. The average molecular weight is 612 g/mol. The van der Waals surface area contributed by atoms with Crippen LogP contribution in [-0.4, -0.2) is 23.9 Å². The number of benzene rings is 7. The molecule has 0 unspecified atom stereocenters. The summed E-state index contributed by atoms with van der Waals surface area (Å²) < 4.78 is 4.70. The quantitative estimate of drug-likeness (QED) is 0.200. The molecule has 11 rings (SSSR count). The second-order valence-electron chi connectivity index (χ2n) is 12.5. The molecule has 0 N–H and O–H groups in total. The maximum atomic E-state index is 5.28. The minimum atomic E-state index is 0.598. The van der Waals surface area contributed by atoms with Crippen LogP contribution >= 0.6 is 0 Å². The van der Waals surface area contributed by atoms with Crippen LogP contribution in [0.25, 0.3) is 99.4 Å². The third kappa shape index (κ3) is 3.42. The van der Waals surface area contributed by atoms with Gasteiger partial charge in [-0.05, 0) is 41.1 Å². The molecule has 0 aliphatic carbocycles. The topological polar surface area (TPSA) is 48.0 Å². The van der Waals surface area contributed by atoms with E-state index in [1.807, 2.05) is 18.2 Å². The summed E-state index contributed by atoms with van der Waals surface area (Å²) in [5.74, 6) is 1.88. The van der Waals surface area contributed by atoms with Gasteiger partial charge < -0.3 is 4.40 Å². The molecule has 4 heterocycles. The molecule has 0 radical (unpaired) electrons. The first kappa shape index (κ1) is 25.6. The average Bonchev–Trinajstić information content (AvgIpc) is 3.79. The van der Waals surface area contributed by atoms with Crippen molar-refractivity contribution in [1.29, 1.82) is 0 Å². The van der Waals surface area contributed by atoms with Crippen molar-refractivity contribution >= 4 is 70.7 Å². The van der Waals surface area contributed by atoms with Gasteiger partial charge in [0, 0.05) is 43.4 Å². The monoisotopic (exact) mass is 611 g/mol. The number of hydrogen-bond acceptors (Lipinski definition) is 3. The summed E-state index contributed by atoms with van der Waals surface area (Å²) in [6.45, 7) is 0. The Morgan fingerprint density at radius 1 is 0.375 bits per heavy atom. The Hall–Kier alpha value is -6.59. The molecule has 0 fully saturated rings. The van der Waals surface area contributed by atoms with E-state index in [-0.39, 0.29) is 0 Å². The van der Waals surface area contributed by atoms with Gasteiger partial charge in [0.25, 0.3) is 0 Å². The summed E-state index contributed by atoms with van der Waals surface area (Å²) >= 11 is 0. The summed E-state index contributed by atoms with van der Waals surface area (Å²) in [5.41, 5.74) is 7.70. The molecule has 0 saturated carbocycles. The molecular formula is C43H25N5. The highest BCUT2D eigenvalue weighted by Gasteiger charge is 2.25. The fourth-order valence-corrected chi connectivity index (χ4v) is 7.80. The van der Waals surface area contributed by atoms with E-state index in [1.165, 1.54) is 54.3 Å². The van der Waals surface area contributed by atoms with Crippen LogP contribution in [0.15, 0.2) is 152 Å². The number of hydrogen-bond donors (Lipinski definition) is 0. The molecule has 0 atom stereocenters. The number of nitrogens with zero attached hydrogens (tertiary/aromatic N) is 5. The molecular weight excluding hydrogens is 587 g/mol. The molecule has 11 aromatic rings. The standard InChI is InChI=1S/C43H25N5/c1-2-13-27(14-3-1)41-44-42(29-23-22-26-12-4-5-15-28(26)24-29)46-43(45-41)48-36-20-10-7-17-31(36)34-25-33-30-16-6-9-19-35(30)47-37-21-11-8-18-32(37)38(39(33)47)40(34)48/h1-25H. The van der Waals surface area contributed by atoms with Crippen LogP contribution in [-0.2, 0) is 0 Å². The summed E-state index contributed by atoms with van der Waals surface area (Å²) in [7, 11) is 0. The van der Waals surface area contributed by atoms with Crippen LogP contribution in [0, 0.1) is 0 Å². The van der Waals surface area contributed by atoms with Crippen molar-refractivity contribution in [3.8, 4) is 28.7 Å². The Morgan fingerprint density at radius 3 is 1.75 bits per heavy atom. The van der Waals surface area contributed by atoms with Crippen molar-refractivity contribution in [2.45, 2.75) is 0 Å². The summed E-state index contributed by atoms with van der Waals surface area (Å²) in [5, 5.41) is 9.61. The second-order valence-corrected chi connectivity index (χ2v) is 12.5. The lowest BCUT2D eigenvalue weighted by Gasteiger charge is -2.12. The molecule has 5 nitrogen and oxygen atoms in total. The van der Waals surface area contributed by atoms with Gasteiger partial charge in [-0.25, -0.2) is 4.98 Å². The van der Waals surface area contributed by atoms with E-state index in [2.05, 4.69) is 142 Å². The zero-order chi connectivity index (χ0) is 31.3. The minimum Gasteiger partial charge on any atom is -0.308 e. The number of para-hydroxylation sites is 3. The van der Waals surface area contributed by atoms with Gasteiger partial charge in [0.2, 0.25) is 5.95 Å². The van der Waals surface area contributed by atoms with Gasteiger partial charge in [0.15, 0.2) is 11.6 Å². The van der Waals surface area contributed by atoms with E-state index in [9.17, 15) is 0 Å². The van der Waals surface area contributed by atoms with Crippen molar-refractivity contribution in [3.05, 3.63) is 152 Å². The van der Waals surface area contributed by atoms with E-state index in [0.29, 0.717) is 17.6 Å². The molecule has 0 saturated heterocycles. The third-order valence-electron chi connectivity index (χ3n) is 9.87. The van der Waals surface area contributed by atoms with E-state index in [1.54, 1.807) is 0 Å². The first-order valence-electron chi connectivity index (χ1n) is 16.2. The Kier molecular flexibility index (Phi) is 5.05. The fourth-order valence-electron chi connectivity index (χ4n) is 7.80. The number of aromatic nitrogens is 5. The predicted molar refractivity (Wildman–Crippen MR) is 197 cm³/mol. The van der Waals surface area contributed by atoms with Gasteiger partial charge in [0.05, 0.1) is 27.6 Å². The molecule has 7 aromatic carbocycles. The third-order valence-corrected chi connectivity index (χ3v) is 9.87. The maximum absolute atomic E-state index is 5.28. The fraction of sp³-hybridized carbons (Fsp3) is 0. The lowest BCUT2D eigenvalue weighted by atomic mass is 10.0. The highest BCUT2D eigenvalue weighted by Crippen LogP contribution is 2.46. The smallest absolute Gasteiger partial charge is 0.238 e. The highest BCUT2D eigenvalue weighted by atomic mass is 15.2. The lowest BCUT2D eigenvalue weighted by molar-refractivity contribution is 0.955. The summed E-state index contributed by atoms with van der Waals surface area (Å²) in [6.07, 6.45) is 0. The Labute approximate surface area is 274 Å². The predicted octanol–water partition coefficient (Wildman–Crippen LogP) is 10.6. The molecule has 0 aliphatic rings. The van der Waals surface area contributed by atoms with Crippen LogP contribution in [0.5, 0.6) is 0 Å². The van der Waals surface area contributed by atoms with Gasteiger partial charge in [0.1, 0.15) is 0 Å². The molecule has 222 valence electrons. The van der Waals surface area contributed by atoms with Gasteiger partial charge in [-0.2, -0.15) is 9.97 Å². The summed E-state index contributed by atoms with van der Waals surface area (Å²) in [6, 6.07) is 53.5. The van der Waals surface area contributed by atoms with Crippen molar-refractivity contribution in [2.75, 3.05) is 0 Å². The second kappa shape index (κ2) is 9.47. The van der Waals surface area contributed by atoms with Crippen LogP contribution in [0.3, 0.4) is 0 Å². The Balaban J connectivity index is 1.32. The van der Waals surface area contributed by atoms with Crippen molar-refractivity contribution < 1.29 is 0 Å². The van der Waals surface area contributed by atoms with Crippen LogP contribution < -0.4 is 0 Å². The first-order valence-corrected chi connectivity index (χ1v) is 16.2. The molecule has 5 heteroatoms. The molecule has 0 spiro atoms. The summed E-state index contributed by atoms with van der Waals surface area (Å²) in [4.78, 5) is 15.6. The van der Waals surface area contributed by atoms with Gasteiger partial charge in [-0.15, -0.1) is 0 Å². The largest absolute Gasteiger partial charge is 0.308 e. The van der Waals surface area contributed by atoms with Crippen LogP contribution in [0.1, 0.15) is 0 Å². The molecule has 4 aromatic heterocycles. The number of rotatable bonds is 3. The molecule has 0 aliphatic heterocycles. The van der Waals surface area contributed by atoms with Gasteiger partial charge in [-0.3, -0.25) is 4.57 Å². The first-order chi connectivity index (χ1) is 23.8. The molecule has 48 heavy (non-hydrogen) atoms. The van der Waals surface area contributed by atoms with E-state index < -0.39 is 0 Å². The maximum Gasteiger partial charge on any atom is 0.238 e. The van der Waals surface area contributed by atoms with Crippen LogP contribution in [0.2, 0.25) is 0 Å². The van der Waals surface area contributed by atoms with E-state index >= 15 is 0 Å². The van der Waals surface area contributed by atoms with Crippen LogP contribution in [0.4, 0.5) is 0 Å². The van der Waals surface area contributed by atoms with Gasteiger partial charge in [-0.1, -0.05) is 121 Å². The minimum absolute atomic E-state index is 0.598. The van der Waals surface area contributed by atoms with Crippen molar-refractivity contribution in [2.24, 2.45) is 0 Å². The van der Waals surface area contributed by atoms with Gasteiger partial charge >= 0.3 is 0 Å². The van der Waals surface area contributed by atoms with Crippen molar-refractivity contribution in [3.63, 3.8) is 0 Å². The zero-order valence-corrected chi connectivity index (χ0v) is 25.7. The van der Waals surface area contributed by atoms with E-state index in [4.69, 9.17) is 15.0 Å². The molecule has 0 bridgehead atoms. The highest BCUT2D eigenvalue weighted by molar-refractivity contribution is 6.34. The molecule has 0 amide bonds.